The number of carbonyl (C=O) groups is 1. The first-order valence-electron chi connectivity index (χ1n) is 10.2. The number of nitrogens with one attached hydrogen (secondary N) is 3. The predicted octanol–water partition coefficient (Wildman–Crippen LogP) is 6.34. The molecular weight excluding hydrogens is 490 g/mol. The van der Waals surface area contributed by atoms with Crippen molar-refractivity contribution in [1.82, 2.24) is 10.3 Å². The second-order valence-corrected chi connectivity index (χ2v) is 8.45. The normalized spacial score (nSPS) is 17.6. The van der Waals surface area contributed by atoms with Crippen LogP contribution in [0.2, 0.25) is 10.0 Å². The summed E-state index contributed by atoms with van der Waals surface area (Å²) in [7, 11) is 0. The summed E-state index contributed by atoms with van der Waals surface area (Å²) in [5, 5.41) is 11.9. The van der Waals surface area contributed by atoms with Crippen LogP contribution in [-0.4, -0.2) is 29.5 Å². The summed E-state index contributed by atoms with van der Waals surface area (Å²) in [5.74, 6) is 0.890. The van der Waals surface area contributed by atoms with E-state index in [0.717, 1.165) is 48.1 Å². The lowest BCUT2D eigenvalue weighted by molar-refractivity contribution is -0.120. The molecule has 0 unspecified atom stereocenters. The number of aromatic nitrogens is 1. The van der Waals surface area contributed by atoms with Crippen molar-refractivity contribution >= 4 is 76.3 Å². The van der Waals surface area contributed by atoms with Gasteiger partial charge in [0.1, 0.15) is 5.82 Å². The lowest BCUT2D eigenvalue weighted by Gasteiger charge is -2.30. The molecule has 1 aliphatic carbocycles. The molecule has 3 N–H and O–H groups in total. The van der Waals surface area contributed by atoms with Gasteiger partial charge in [0.2, 0.25) is 5.91 Å². The maximum absolute atomic E-state index is 12.3. The van der Waals surface area contributed by atoms with Crippen molar-refractivity contribution < 1.29 is 4.79 Å². The SMILES string of the molecule is Cl.Cl.O=C(CNc1ccc(Cl)c(Cl)c1)NC1CCC(Nc2ccc3ccccc3n2)CC1. The summed E-state index contributed by atoms with van der Waals surface area (Å²) in [6, 6.07) is 18.1. The van der Waals surface area contributed by atoms with Gasteiger partial charge in [-0.1, -0.05) is 41.4 Å². The van der Waals surface area contributed by atoms with E-state index in [0.29, 0.717) is 16.1 Å². The van der Waals surface area contributed by atoms with Crippen LogP contribution in [0.1, 0.15) is 25.7 Å². The number of hydrogen-bond acceptors (Lipinski definition) is 4. The number of halogens is 4. The van der Waals surface area contributed by atoms with Gasteiger partial charge in [-0.15, -0.1) is 24.8 Å². The van der Waals surface area contributed by atoms with E-state index in [9.17, 15) is 4.79 Å². The number of anilines is 2. The minimum atomic E-state index is -0.0197. The molecule has 3 aromatic rings. The van der Waals surface area contributed by atoms with E-state index in [1.807, 2.05) is 24.3 Å². The minimum absolute atomic E-state index is 0. The van der Waals surface area contributed by atoms with Crippen molar-refractivity contribution in [2.24, 2.45) is 0 Å². The lowest BCUT2D eigenvalue weighted by atomic mass is 9.91. The summed E-state index contributed by atoms with van der Waals surface area (Å²) in [6.07, 6.45) is 3.90. The fourth-order valence-corrected chi connectivity index (χ4v) is 4.10. The zero-order chi connectivity index (χ0) is 20.9. The van der Waals surface area contributed by atoms with Crippen LogP contribution in [0, 0.1) is 0 Å². The van der Waals surface area contributed by atoms with Gasteiger partial charge in [0, 0.05) is 23.2 Å². The molecule has 1 heterocycles. The van der Waals surface area contributed by atoms with E-state index in [-0.39, 0.29) is 43.3 Å². The Morgan fingerprint density at radius 2 is 1.62 bits per heavy atom. The number of pyridine rings is 1. The highest BCUT2D eigenvalue weighted by Crippen LogP contribution is 2.25. The van der Waals surface area contributed by atoms with E-state index < -0.39 is 0 Å². The van der Waals surface area contributed by atoms with E-state index >= 15 is 0 Å². The molecule has 0 radical (unpaired) electrons. The highest BCUT2D eigenvalue weighted by atomic mass is 35.5. The van der Waals surface area contributed by atoms with Gasteiger partial charge in [0.15, 0.2) is 0 Å². The Kier molecular flexibility index (Phi) is 10.2. The molecule has 1 fully saturated rings. The number of carbonyl (C=O) groups excluding carboxylic acids is 1. The zero-order valence-electron chi connectivity index (χ0n) is 17.3. The van der Waals surface area contributed by atoms with Crippen molar-refractivity contribution in [1.29, 1.82) is 0 Å². The maximum atomic E-state index is 12.3. The average Bonchev–Trinajstić information content (AvgIpc) is 2.76. The first-order valence-corrected chi connectivity index (χ1v) is 10.9. The van der Waals surface area contributed by atoms with Crippen molar-refractivity contribution in [3.05, 3.63) is 64.6 Å². The molecule has 32 heavy (non-hydrogen) atoms. The van der Waals surface area contributed by atoms with Gasteiger partial charge in [-0.05, 0) is 62.1 Å². The Bertz CT molecular complexity index is 1040. The zero-order valence-corrected chi connectivity index (χ0v) is 20.5. The second-order valence-electron chi connectivity index (χ2n) is 7.63. The third-order valence-corrected chi connectivity index (χ3v) is 6.15. The fourth-order valence-electron chi connectivity index (χ4n) is 3.80. The quantitative estimate of drug-likeness (QED) is 0.358. The minimum Gasteiger partial charge on any atom is -0.376 e. The van der Waals surface area contributed by atoms with Gasteiger partial charge in [0.05, 0.1) is 22.1 Å². The average molecular weight is 516 g/mol. The summed E-state index contributed by atoms with van der Waals surface area (Å²) >= 11 is 11.9. The Morgan fingerprint density at radius 1 is 0.906 bits per heavy atom. The lowest BCUT2D eigenvalue weighted by Crippen LogP contribution is -2.42. The number of para-hydroxylation sites is 1. The van der Waals surface area contributed by atoms with Crippen molar-refractivity contribution in [3.8, 4) is 0 Å². The van der Waals surface area contributed by atoms with Crippen LogP contribution >= 0.6 is 48.0 Å². The van der Waals surface area contributed by atoms with E-state index in [4.69, 9.17) is 28.2 Å². The van der Waals surface area contributed by atoms with Gasteiger partial charge in [-0.25, -0.2) is 4.98 Å². The van der Waals surface area contributed by atoms with Crippen LogP contribution in [0.3, 0.4) is 0 Å². The molecule has 1 saturated carbocycles. The van der Waals surface area contributed by atoms with Crippen molar-refractivity contribution in [3.63, 3.8) is 0 Å². The molecule has 0 atom stereocenters. The monoisotopic (exact) mass is 514 g/mol. The summed E-state index contributed by atoms with van der Waals surface area (Å²) in [6.45, 7) is 0.206. The van der Waals surface area contributed by atoms with Crippen LogP contribution in [0.4, 0.5) is 11.5 Å². The van der Waals surface area contributed by atoms with E-state index in [1.165, 1.54) is 0 Å². The molecule has 2 aromatic carbocycles. The molecule has 0 bridgehead atoms. The third kappa shape index (κ3) is 7.04. The Labute approximate surface area is 210 Å². The molecule has 1 aliphatic rings. The first kappa shape index (κ1) is 26.3. The van der Waals surface area contributed by atoms with Crippen molar-refractivity contribution in [2.75, 3.05) is 17.2 Å². The highest BCUT2D eigenvalue weighted by Gasteiger charge is 2.22. The van der Waals surface area contributed by atoms with Crippen LogP contribution in [0.5, 0.6) is 0 Å². The topological polar surface area (TPSA) is 66.1 Å². The fraction of sp³-hybridized carbons (Fsp3) is 0.304. The van der Waals surface area contributed by atoms with E-state index in [1.54, 1.807) is 18.2 Å². The standard InChI is InChI=1S/C23H24Cl2N4O.2ClH/c24-19-11-10-18(13-20(19)25)26-14-23(30)28-17-8-6-16(7-9-17)27-22-12-5-15-3-1-2-4-21(15)29-22;;/h1-5,10-13,16-17,26H,6-9,14H2,(H,27,29)(H,28,30);2*1H. The number of amides is 1. The third-order valence-electron chi connectivity index (χ3n) is 5.42. The molecular formula is C23H26Cl4N4O. The second kappa shape index (κ2) is 12.4. The van der Waals surface area contributed by atoms with Crippen LogP contribution in [0.15, 0.2) is 54.6 Å². The summed E-state index contributed by atoms with van der Waals surface area (Å²) < 4.78 is 0. The van der Waals surface area contributed by atoms with Gasteiger partial charge in [-0.3, -0.25) is 4.79 Å². The van der Waals surface area contributed by atoms with Gasteiger partial charge in [-0.2, -0.15) is 0 Å². The highest BCUT2D eigenvalue weighted by molar-refractivity contribution is 6.42. The molecule has 5 nitrogen and oxygen atoms in total. The van der Waals surface area contributed by atoms with Crippen LogP contribution in [-0.2, 0) is 4.79 Å². The first-order chi connectivity index (χ1) is 14.6. The number of fused-ring (bicyclic) bond motifs is 1. The molecule has 0 spiro atoms. The molecule has 9 heteroatoms. The van der Waals surface area contributed by atoms with Crippen LogP contribution < -0.4 is 16.0 Å². The maximum Gasteiger partial charge on any atom is 0.239 e. The number of benzene rings is 2. The smallest absolute Gasteiger partial charge is 0.239 e. The number of rotatable bonds is 6. The largest absolute Gasteiger partial charge is 0.376 e. The van der Waals surface area contributed by atoms with Gasteiger partial charge in [0.25, 0.3) is 0 Å². The van der Waals surface area contributed by atoms with Crippen LogP contribution in [0.25, 0.3) is 10.9 Å². The van der Waals surface area contributed by atoms with Crippen molar-refractivity contribution in [2.45, 2.75) is 37.8 Å². The molecule has 1 amide bonds. The van der Waals surface area contributed by atoms with Gasteiger partial charge >= 0.3 is 0 Å². The number of nitrogens with zero attached hydrogens (tertiary/aromatic N) is 1. The summed E-state index contributed by atoms with van der Waals surface area (Å²) in [4.78, 5) is 17.0. The Hall–Kier alpha value is -1.92. The molecule has 0 saturated heterocycles. The summed E-state index contributed by atoms with van der Waals surface area (Å²) in [5.41, 5.74) is 1.77. The predicted molar refractivity (Wildman–Crippen MR) is 139 cm³/mol. The van der Waals surface area contributed by atoms with Gasteiger partial charge < -0.3 is 16.0 Å². The molecule has 1 aromatic heterocycles. The number of hydrogen-bond donors (Lipinski definition) is 3. The van der Waals surface area contributed by atoms with E-state index in [2.05, 4.69) is 28.1 Å². The molecule has 172 valence electrons. The Balaban J connectivity index is 0.00000181. The molecule has 4 rings (SSSR count). The molecule has 0 aliphatic heterocycles. The Morgan fingerprint density at radius 3 is 2.38 bits per heavy atom.